The molecule has 1 saturated carbocycles. The molecule has 0 aliphatic heterocycles. The number of carbonyl (C=O) groups excluding carboxylic acids is 1. The maximum absolute atomic E-state index is 11.9. The molecule has 1 aliphatic rings. The molecule has 21 heavy (non-hydrogen) atoms. The van der Waals surface area contributed by atoms with Gasteiger partial charge in [-0.25, -0.2) is 0 Å². The average Bonchev–Trinajstić information content (AvgIpc) is 2.46. The van der Waals surface area contributed by atoms with Crippen LogP contribution in [-0.2, 0) is 4.79 Å². The van der Waals surface area contributed by atoms with Crippen molar-refractivity contribution in [1.82, 2.24) is 5.32 Å². The Morgan fingerprint density at radius 2 is 2.19 bits per heavy atom. The first-order valence-corrected chi connectivity index (χ1v) is 7.87. The largest absolute Gasteiger partial charge is 0.492 e. The van der Waals surface area contributed by atoms with Crippen LogP contribution in [0.5, 0.6) is 5.75 Å². The molecule has 0 aromatic heterocycles. The Bertz CT molecular complexity index is 462. The fraction of sp³-hybridized carbons (Fsp3) is 0.588. The molecular weight excluding hydrogens is 264 g/mol. The number of hydrogen-bond donors (Lipinski definition) is 2. The molecule has 1 amide bonds. The normalized spacial score (nSPS) is 21.8. The zero-order valence-electron chi connectivity index (χ0n) is 12.8. The molecule has 0 radical (unpaired) electrons. The predicted molar refractivity (Wildman–Crippen MR) is 84.2 cm³/mol. The van der Waals surface area contributed by atoms with E-state index in [0.29, 0.717) is 25.5 Å². The Labute approximate surface area is 127 Å². The summed E-state index contributed by atoms with van der Waals surface area (Å²) in [4.78, 5) is 11.9. The fourth-order valence-corrected chi connectivity index (χ4v) is 2.86. The summed E-state index contributed by atoms with van der Waals surface area (Å²) in [5.41, 5.74) is 7.24. The lowest BCUT2D eigenvalue weighted by Gasteiger charge is -2.27. The van der Waals surface area contributed by atoms with Crippen molar-refractivity contribution in [2.45, 2.75) is 45.1 Å². The maximum atomic E-state index is 11.9. The second-order valence-corrected chi connectivity index (χ2v) is 5.93. The van der Waals surface area contributed by atoms with Crippen LogP contribution in [0.25, 0.3) is 0 Å². The molecule has 1 fully saturated rings. The van der Waals surface area contributed by atoms with Crippen LogP contribution < -0.4 is 15.8 Å². The van der Waals surface area contributed by atoms with Gasteiger partial charge in [-0.2, -0.15) is 0 Å². The molecule has 2 unspecified atom stereocenters. The molecule has 1 aromatic carbocycles. The van der Waals surface area contributed by atoms with Gasteiger partial charge in [0.2, 0.25) is 5.91 Å². The van der Waals surface area contributed by atoms with Gasteiger partial charge in [0.25, 0.3) is 0 Å². The summed E-state index contributed by atoms with van der Waals surface area (Å²) < 4.78 is 5.61. The zero-order valence-corrected chi connectivity index (χ0v) is 12.8. The number of rotatable bonds is 6. The van der Waals surface area contributed by atoms with E-state index in [-0.39, 0.29) is 11.9 Å². The van der Waals surface area contributed by atoms with Crippen molar-refractivity contribution < 1.29 is 9.53 Å². The number of aryl methyl sites for hydroxylation is 1. The second kappa shape index (κ2) is 8.03. The summed E-state index contributed by atoms with van der Waals surface area (Å²) in [6, 6.07) is 8.10. The van der Waals surface area contributed by atoms with Crippen molar-refractivity contribution in [3.63, 3.8) is 0 Å². The minimum Gasteiger partial charge on any atom is -0.492 e. The molecule has 0 heterocycles. The van der Waals surface area contributed by atoms with Crippen LogP contribution >= 0.6 is 0 Å². The van der Waals surface area contributed by atoms with E-state index in [1.165, 1.54) is 18.4 Å². The van der Waals surface area contributed by atoms with E-state index >= 15 is 0 Å². The smallest absolute Gasteiger partial charge is 0.220 e. The zero-order chi connectivity index (χ0) is 15.1. The Morgan fingerprint density at radius 3 is 2.95 bits per heavy atom. The van der Waals surface area contributed by atoms with Gasteiger partial charge in [0.05, 0.1) is 6.54 Å². The van der Waals surface area contributed by atoms with Gasteiger partial charge in [0.15, 0.2) is 0 Å². The van der Waals surface area contributed by atoms with Crippen molar-refractivity contribution in [1.29, 1.82) is 0 Å². The number of nitrogens with one attached hydrogen (secondary N) is 1. The molecular formula is C17H26N2O2. The number of carbonyl (C=O) groups is 1. The standard InChI is InChI=1S/C17H26N2O2/c1-13-5-4-7-15(11-13)21-10-9-19-17(20)12-14-6-2-3-8-16(14)18/h4-5,7,11,14,16H,2-3,6,8-10,12,18H2,1H3,(H,19,20). The summed E-state index contributed by atoms with van der Waals surface area (Å²) in [6.45, 7) is 3.06. The number of hydrogen-bond acceptors (Lipinski definition) is 3. The first-order valence-electron chi connectivity index (χ1n) is 7.87. The maximum Gasteiger partial charge on any atom is 0.220 e. The Kier molecular flexibility index (Phi) is 6.05. The second-order valence-electron chi connectivity index (χ2n) is 5.93. The van der Waals surface area contributed by atoms with Crippen LogP contribution in [0.4, 0.5) is 0 Å². The first kappa shape index (κ1) is 15.8. The minimum atomic E-state index is 0.0881. The molecule has 1 aromatic rings. The lowest BCUT2D eigenvalue weighted by molar-refractivity contribution is -0.122. The van der Waals surface area contributed by atoms with E-state index in [2.05, 4.69) is 5.32 Å². The van der Waals surface area contributed by atoms with Crippen LogP contribution in [0.3, 0.4) is 0 Å². The third-order valence-corrected chi connectivity index (χ3v) is 4.10. The molecule has 3 N–H and O–H groups in total. The van der Waals surface area contributed by atoms with Crippen LogP contribution in [0.2, 0.25) is 0 Å². The number of ether oxygens (including phenoxy) is 1. The third-order valence-electron chi connectivity index (χ3n) is 4.10. The van der Waals surface area contributed by atoms with Crippen LogP contribution in [0.1, 0.15) is 37.7 Å². The van der Waals surface area contributed by atoms with Gasteiger partial charge in [0.1, 0.15) is 12.4 Å². The van der Waals surface area contributed by atoms with Crippen LogP contribution in [-0.4, -0.2) is 25.1 Å². The highest BCUT2D eigenvalue weighted by molar-refractivity contribution is 5.76. The molecule has 1 aliphatic carbocycles. The Morgan fingerprint density at radius 1 is 1.38 bits per heavy atom. The fourth-order valence-electron chi connectivity index (χ4n) is 2.86. The Hall–Kier alpha value is -1.55. The van der Waals surface area contributed by atoms with Gasteiger partial charge in [-0.15, -0.1) is 0 Å². The molecule has 0 spiro atoms. The molecule has 116 valence electrons. The van der Waals surface area contributed by atoms with Gasteiger partial charge in [0, 0.05) is 12.5 Å². The molecule has 4 nitrogen and oxygen atoms in total. The monoisotopic (exact) mass is 290 g/mol. The van der Waals surface area contributed by atoms with Gasteiger partial charge >= 0.3 is 0 Å². The number of amides is 1. The van der Waals surface area contributed by atoms with E-state index in [0.717, 1.165) is 18.6 Å². The van der Waals surface area contributed by atoms with Gasteiger partial charge < -0.3 is 15.8 Å². The predicted octanol–water partition coefficient (Wildman–Crippen LogP) is 2.40. The van der Waals surface area contributed by atoms with Crippen molar-refractivity contribution >= 4 is 5.91 Å². The SMILES string of the molecule is Cc1cccc(OCCNC(=O)CC2CCCCC2N)c1. The summed E-state index contributed by atoms with van der Waals surface area (Å²) >= 11 is 0. The average molecular weight is 290 g/mol. The molecule has 2 rings (SSSR count). The molecule has 0 bridgehead atoms. The van der Waals surface area contributed by atoms with Crippen LogP contribution in [0, 0.1) is 12.8 Å². The van der Waals surface area contributed by atoms with E-state index in [4.69, 9.17) is 10.5 Å². The number of benzene rings is 1. The van der Waals surface area contributed by atoms with Crippen molar-refractivity contribution in [3.8, 4) is 5.75 Å². The van der Waals surface area contributed by atoms with E-state index in [1.807, 2.05) is 31.2 Å². The quantitative estimate of drug-likeness (QED) is 0.791. The summed E-state index contributed by atoms with van der Waals surface area (Å²) in [5.74, 6) is 1.28. The molecule has 2 atom stereocenters. The Balaban J connectivity index is 1.63. The summed E-state index contributed by atoms with van der Waals surface area (Å²) in [7, 11) is 0. The molecule has 0 saturated heterocycles. The van der Waals surface area contributed by atoms with Gasteiger partial charge in [-0.1, -0.05) is 25.0 Å². The topological polar surface area (TPSA) is 64.3 Å². The summed E-state index contributed by atoms with van der Waals surface area (Å²) in [5, 5.41) is 2.92. The van der Waals surface area contributed by atoms with E-state index in [1.54, 1.807) is 0 Å². The minimum absolute atomic E-state index is 0.0881. The number of nitrogens with two attached hydrogens (primary N) is 1. The van der Waals surface area contributed by atoms with E-state index in [9.17, 15) is 4.79 Å². The van der Waals surface area contributed by atoms with Gasteiger partial charge in [-0.05, 0) is 43.4 Å². The van der Waals surface area contributed by atoms with E-state index < -0.39 is 0 Å². The molecule has 4 heteroatoms. The lowest BCUT2D eigenvalue weighted by atomic mass is 9.83. The summed E-state index contributed by atoms with van der Waals surface area (Å²) in [6.07, 6.45) is 5.07. The van der Waals surface area contributed by atoms with Crippen LogP contribution in [0.15, 0.2) is 24.3 Å². The first-order chi connectivity index (χ1) is 10.1. The highest BCUT2D eigenvalue weighted by atomic mass is 16.5. The van der Waals surface area contributed by atoms with Crippen molar-refractivity contribution in [3.05, 3.63) is 29.8 Å². The third kappa shape index (κ3) is 5.38. The van der Waals surface area contributed by atoms with Crippen molar-refractivity contribution in [2.75, 3.05) is 13.2 Å². The highest BCUT2D eigenvalue weighted by Crippen LogP contribution is 2.25. The van der Waals surface area contributed by atoms with Gasteiger partial charge in [-0.3, -0.25) is 4.79 Å². The lowest BCUT2D eigenvalue weighted by Crippen LogP contribution is -2.37. The van der Waals surface area contributed by atoms with Crippen molar-refractivity contribution in [2.24, 2.45) is 11.7 Å². The highest BCUT2D eigenvalue weighted by Gasteiger charge is 2.23.